The minimum absolute atomic E-state index is 0.0608. The van der Waals surface area contributed by atoms with E-state index in [0.717, 1.165) is 32.8 Å². The van der Waals surface area contributed by atoms with Crippen LogP contribution in [0.3, 0.4) is 0 Å². The number of ether oxygens (including phenoxy) is 1. The van der Waals surface area contributed by atoms with E-state index in [2.05, 4.69) is 18.7 Å². The summed E-state index contributed by atoms with van der Waals surface area (Å²) >= 11 is 0. The van der Waals surface area contributed by atoms with Gasteiger partial charge in [-0.15, -0.1) is 0 Å². The summed E-state index contributed by atoms with van der Waals surface area (Å²) in [4.78, 5) is 27.9. The van der Waals surface area contributed by atoms with Gasteiger partial charge in [-0.05, 0) is 0 Å². The van der Waals surface area contributed by atoms with Gasteiger partial charge in [0.15, 0.2) is 6.04 Å². The molecule has 2 amide bonds. The minimum Gasteiger partial charge on any atom is -0.480 e. The summed E-state index contributed by atoms with van der Waals surface area (Å²) in [6.45, 7) is 9.93. The van der Waals surface area contributed by atoms with Crippen LogP contribution in [0.25, 0.3) is 0 Å². The number of carboxylic acid groups (broad SMARTS) is 1. The maximum atomic E-state index is 12.7. The van der Waals surface area contributed by atoms with Crippen LogP contribution in [0.2, 0.25) is 0 Å². The number of quaternary nitrogens is 1. The number of urea groups is 1. The first-order valence-electron chi connectivity index (χ1n) is 8.02. The first kappa shape index (κ1) is 17.2. The molecule has 2 rings (SSSR count). The Labute approximate surface area is 132 Å². The van der Waals surface area contributed by atoms with Crippen LogP contribution in [-0.2, 0) is 9.53 Å². The zero-order valence-corrected chi connectivity index (χ0v) is 13.8. The molecule has 2 aliphatic rings. The van der Waals surface area contributed by atoms with Gasteiger partial charge in [-0.1, -0.05) is 13.8 Å². The molecule has 0 aromatic rings. The molecule has 2 atom stereocenters. The summed E-state index contributed by atoms with van der Waals surface area (Å²) in [5.74, 6) is -0.569. The van der Waals surface area contributed by atoms with E-state index in [1.54, 1.807) is 7.05 Å². The van der Waals surface area contributed by atoms with Crippen LogP contribution >= 0.6 is 0 Å². The second kappa shape index (κ2) is 6.93. The number of amides is 2. The lowest BCUT2D eigenvalue weighted by molar-refractivity contribution is -0.845. The molecule has 0 aromatic heterocycles. The van der Waals surface area contributed by atoms with Gasteiger partial charge in [0, 0.05) is 32.6 Å². The fraction of sp³-hybridized carbons (Fsp3) is 0.867. The fourth-order valence-electron chi connectivity index (χ4n) is 3.53. The van der Waals surface area contributed by atoms with Crippen LogP contribution in [0.4, 0.5) is 4.79 Å². The van der Waals surface area contributed by atoms with Crippen molar-refractivity contribution in [2.75, 3.05) is 59.5 Å². The van der Waals surface area contributed by atoms with E-state index in [4.69, 9.17) is 4.74 Å². The second-order valence-corrected chi connectivity index (χ2v) is 6.83. The Bertz CT molecular complexity index is 423. The number of aliphatic carboxylic acids is 1. The van der Waals surface area contributed by atoms with Gasteiger partial charge in [0.05, 0.1) is 19.8 Å². The number of morpholine rings is 1. The van der Waals surface area contributed by atoms with Gasteiger partial charge in [0.2, 0.25) is 0 Å². The van der Waals surface area contributed by atoms with E-state index in [9.17, 15) is 14.7 Å². The molecule has 126 valence electrons. The van der Waals surface area contributed by atoms with Crippen molar-refractivity contribution >= 4 is 12.0 Å². The van der Waals surface area contributed by atoms with Crippen molar-refractivity contribution in [2.24, 2.45) is 5.92 Å². The van der Waals surface area contributed by atoms with Gasteiger partial charge < -0.3 is 9.84 Å². The topological polar surface area (TPSA) is 70.1 Å². The molecule has 0 spiro atoms. The van der Waals surface area contributed by atoms with Gasteiger partial charge in [0.25, 0.3) is 0 Å². The summed E-state index contributed by atoms with van der Waals surface area (Å²) in [6.07, 6.45) is 0. The predicted molar refractivity (Wildman–Crippen MR) is 81.5 cm³/mol. The number of carboxylic acids is 1. The van der Waals surface area contributed by atoms with Crippen LogP contribution in [0, 0.1) is 5.92 Å². The summed E-state index contributed by atoms with van der Waals surface area (Å²) in [5.41, 5.74) is 0. The molecule has 0 bridgehead atoms. The first-order valence-corrected chi connectivity index (χ1v) is 8.02. The molecule has 7 heteroatoms. The molecular weight excluding hydrogens is 286 g/mol. The van der Waals surface area contributed by atoms with Crippen molar-refractivity contribution in [3.05, 3.63) is 0 Å². The predicted octanol–water partition coefficient (Wildman–Crippen LogP) is 0.310. The van der Waals surface area contributed by atoms with E-state index < -0.39 is 12.0 Å². The lowest BCUT2D eigenvalue weighted by Gasteiger charge is -2.35. The lowest BCUT2D eigenvalue weighted by Crippen LogP contribution is -2.56. The molecule has 2 fully saturated rings. The highest BCUT2D eigenvalue weighted by Crippen LogP contribution is 2.25. The maximum absolute atomic E-state index is 12.7. The highest BCUT2D eigenvalue weighted by atomic mass is 16.5. The van der Waals surface area contributed by atoms with E-state index in [0.29, 0.717) is 25.6 Å². The SMILES string of the molecule is CC(C)C[N+]1(CCN2CCOCC2)CC(C(=O)O)N(C)C1=O. The van der Waals surface area contributed by atoms with E-state index in [1.165, 1.54) is 4.90 Å². The maximum Gasteiger partial charge on any atom is 0.420 e. The van der Waals surface area contributed by atoms with Crippen LogP contribution in [-0.4, -0.2) is 97.0 Å². The molecule has 2 aliphatic heterocycles. The Hall–Kier alpha value is -1.18. The molecule has 2 unspecified atom stereocenters. The van der Waals surface area contributed by atoms with Crippen molar-refractivity contribution in [1.82, 2.24) is 9.80 Å². The van der Waals surface area contributed by atoms with Crippen LogP contribution in [0.5, 0.6) is 0 Å². The van der Waals surface area contributed by atoms with Gasteiger partial charge >= 0.3 is 12.0 Å². The number of carbonyl (C=O) groups is 2. The average Bonchev–Trinajstić information content (AvgIpc) is 2.71. The molecule has 0 radical (unpaired) electrons. The summed E-state index contributed by atoms with van der Waals surface area (Å²) < 4.78 is 5.60. The molecule has 0 aromatic carbocycles. The third kappa shape index (κ3) is 3.59. The number of likely N-dealkylation sites (N-methyl/N-ethyl adjacent to an activating group) is 1. The molecule has 2 saturated heterocycles. The number of carbonyl (C=O) groups excluding carboxylic acids is 1. The lowest BCUT2D eigenvalue weighted by atomic mass is 10.1. The zero-order valence-electron chi connectivity index (χ0n) is 13.8. The standard InChI is InChI=1S/C15H27N3O4/c1-12(2)10-18(7-4-17-5-8-22-9-6-17)11-13(14(19)20)16(3)15(18)21/h12-13H,4-11H2,1-3H3/p+1. The van der Waals surface area contributed by atoms with E-state index in [1.807, 2.05) is 0 Å². The van der Waals surface area contributed by atoms with Crippen molar-refractivity contribution in [3.8, 4) is 0 Å². The first-order chi connectivity index (χ1) is 10.4. The number of hydrogen-bond acceptors (Lipinski definition) is 4. The molecule has 2 heterocycles. The fourth-order valence-corrected chi connectivity index (χ4v) is 3.53. The van der Waals surface area contributed by atoms with Gasteiger partial charge in [0.1, 0.15) is 13.1 Å². The summed E-state index contributed by atoms with van der Waals surface area (Å²) in [7, 11) is 1.61. The van der Waals surface area contributed by atoms with Gasteiger partial charge in [-0.25, -0.2) is 14.1 Å². The quantitative estimate of drug-likeness (QED) is 0.715. The van der Waals surface area contributed by atoms with Crippen molar-refractivity contribution in [2.45, 2.75) is 19.9 Å². The summed E-state index contributed by atoms with van der Waals surface area (Å²) in [6, 6.07) is -0.773. The van der Waals surface area contributed by atoms with E-state index >= 15 is 0 Å². The Balaban J connectivity index is 2.10. The molecule has 0 aliphatic carbocycles. The zero-order chi connectivity index (χ0) is 16.3. The highest BCUT2D eigenvalue weighted by molar-refractivity contribution is 5.82. The van der Waals surface area contributed by atoms with Gasteiger partial charge in [-0.3, -0.25) is 9.80 Å². The third-order valence-corrected chi connectivity index (χ3v) is 4.65. The Morgan fingerprint density at radius 3 is 2.55 bits per heavy atom. The average molecular weight is 314 g/mol. The number of hydrogen-bond donors (Lipinski definition) is 1. The molecule has 1 N–H and O–H groups in total. The normalized spacial score (nSPS) is 30.3. The van der Waals surface area contributed by atoms with Gasteiger partial charge in [-0.2, -0.15) is 0 Å². The molecule has 7 nitrogen and oxygen atoms in total. The largest absolute Gasteiger partial charge is 0.480 e. The van der Waals surface area contributed by atoms with Crippen molar-refractivity contribution in [1.29, 1.82) is 0 Å². The smallest absolute Gasteiger partial charge is 0.420 e. The van der Waals surface area contributed by atoms with Crippen LogP contribution in [0.15, 0.2) is 0 Å². The van der Waals surface area contributed by atoms with E-state index in [-0.39, 0.29) is 10.5 Å². The number of nitrogens with zero attached hydrogens (tertiary/aromatic N) is 3. The number of rotatable bonds is 6. The second-order valence-electron chi connectivity index (χ2n) is 6.83. The van der Waals surface area contributed by atoms with Crippen LogP contribution < -0.4 is 0 Å². The Morgan fingerprint density at radius 2 is 2.05 bits per heavy atom. The molecular formula is C15H28N3O4+. The van der Waals surface area contributed by atoms with Crippen molar-refractivity contribution < 1.29 is 23.9 Å². The monoisotopic (exact) mass is 314 g/mol. The minimum atomic E-state index is -0.911. The molecule has 22 heavy (non-hydrogen) atoms. The molecule has 0 saturated carbocycles. The third-order valence-electron chi connectivity index (χ3n) is 4.65. The summed E-state index contributed by atoms with van der Waals surface area (Å²) in [5, 5.41) is 9.35. The Morgan fingerprint density at radius 1 is 1.41 bits per heavy atom. The highest BCUT2D eigenvalue weighted by Gasteiger charge is 2.53. The van der Waals surface area contributed by atoms with Crippen molar-refractivity contribution in [3.63, 3.8) is 0 Å². The Kier molecular flexibility index (Phi) is 5.41. The van der Waals surface area contributed by atoms with Crippen LogP contribution in [0.1, 0.15) is 13.8 Å².